The van der Waals surface area contributed by atoms with Gasteiger partial charge in [-0.15, -0.1) is 0 Å². The number of hydrogen-bond donors (Lipinski definition) is 2. The van der Waals surface area contributed by atoms with Gasteiger partial charge in [-0.05, 0) is 52.9 Å². The van der Waals surface area contributed by atoms with Crippen molar-refractivity contribution in [2.24, 2.45) is 0 Å². The fourth-order valence-electron chi connectivity index (χ4n) is 3.60. The van der Waals surface area contributed by atoms with E-state index in [1.165, 1.54) is 35.4 Å². The van der Waals surface area contributed by atoms with Crippen molar-refractivity contribution in [2.75, 3.05) is 10.6 Å². The molecule has 0 atom stereocenters. The second kappa shape index (κ2) is 10.9. The lowest BCUT2D eigenvalue weighted by atomic mass is 10.0. The number of anilines is 2. The Morgan fingerprint density at radius 1 is 0.486 bits per heavy atom. The van der Waals surface area contributed by atoms with Crippen LogP contribution < -0.4 is 10.6 Å². The molecule has 8 nitrogen and oxygen atoms in total. The van der Waals surface area contributed by atoms with Crippen molar-refractivity contribution in [1.82, 2.24) is 0 Å². The molecule has 8 heteroatoms. The zero-order chi connectivity index (χ0) is 24.6. The minimum Gasteiger partial charge on any atom is -0.381 e. The van der Waals surface area contributed by atoms with Crippen molar-refractivity contribution in [3.05, 3.63) is 140 Å². The van der Waals surface area contributed by atoms with E-state index < -0.39 is 9.85 Å². The van der Waals surface area contributed by atoms with Crippen LogP contribution in [-0.4, -0.2) is 9.85 Å². The van der Waals surface area contributed by atoms with Gasteiger partial charge in [0.1, 0.15) is 0 Å². The Balaban J connectivity index is 1.26. The van der Waals surface area contributed by atoms with Crippen molar-refractivity contribution < 1.29 is 9.85 Å². The molecule has 0 aromatic heterocycles. The Labute approximate surface area is 202 Å². The topological polar surface area (TPSA) is 110 Å². The van der Waals surface area contributed by atoms with E-state index in [-0.39, 0.29) is 11.4 Å². The van der Waals surface area contributed by atoms with Crippen LogP contribution in [-0.2, 0) is 19.5 Å². The van der Waals surface area contributed by atoms with Gasteiger partial charge in [-0.2, -0.15) is 0 Å². The van der Waals surface area contributed by atoms with Crippen molar-refractivity contribution in [3.8, 4) is 0 Å². The van der Waals surface area contributed by atoms with E-state index in [1.807, 2.05) is 24.3 Å². The van der Waals surface area contributed by atoms with Gasteiger partial charge in [-0.3, -0.25) is 20.2 Å². The highest BCUT2D eigenvalue weighted by Crippen LogP contribution is 2.19. The molecule has 0 spiro atoms. The molecule has 4 rings (SSSR count). The molecule has 4 aromatic carbocycles. The molecule has 0 aliphatic carbocycles. The molecule has 2 N–H and O–H groups in total. The molecule has 0 heterocycles. The van der Waals surface area contributed by atoms with Crippen LogP contribution in [0.1, 0.15) is 22.3 Å². The molecule has 0 fully saturated rings. The summed E-state index contributed by atoms with van der Waals surface area (Å²) in [7, 11) is 0. The number of non-ortho nitro benzene ring substituents is 2. The van der Waals surface area contributed by atoms with Gasteiger partial charge >= 0.3 is 0 Å². The zero-order valence-corrected chi connectivity index (χ0v) is 18.9. The van der Waals surface area contributed by atoms with E-state index >= 15 is 0 Å². The second-order valence-electron chi connectivity index (χ2n) is 8.12. The largest absolute Gasteiger partial charge is 0.381 e. The summed E-state index contributed by atoms with van der Waals surface area (Å²) in [5.74, 6) is 0. The van der Waals surface area contributed by atoms with Crippen LogP contribution in [0.5, 0.6) is 0 Å². The summed E-state index contributed by atoms with van der Waals surface area (Å²) in [5, 5.41) is 28.2. The Hall–Kier alpha value is -4.72. The molecule has 0 unspecified atom stereocenters. The Kier molecular flexibility index (Phi) is 7.32. The minimum atomic E-state index is -0.401. The summed E-state index contributed by atoms with van der Waals surface area (Å²) in [5.41, 5.74) is 6.48. The van der Waals surface area contributed by atoms with Crippen molar-refractivity contribution in [2.45, 2.75) is 19.5 Å². The maximum Gasteiger partial charge on any atom is 0.269 e. The molecule has 0 bridgehead atoms. The average Bonchev–Trinajstić information content (AvgIpc) is 2.88. The maximum atomic E-state index is 10.8. The van der Waals surface area contributed by atoms with Crippen molar-refractivity contribution in [3.63, 3.8) is 0 Å². The number of nitrogens with zero attached hydrogens (tertiary/aromatic N) is 2. The lowest BCUT2D eigenvalue weighted by Gasteiger charge is -2.09. The highest BCUT2D eigenvalue weighted by Gasteiger charge is 2.05. The van der Waals surface area contributed by atoms with Crippen molar-refractivity contribution in [1.29, 1.82) is 0 Å². The van der Waals surface area contributed by atoms with Gasteiger partial charge in [-0.1, -0.05) is 48.5 Å². The third-order valence-electron chi connectivity index (χ3n) is 5.60. The number of benzene rings is 4. The maximum absolute atomic E-state index is 10.8. The van der Waals surface area contributed by atoms with Gasteiger partial charge < -0.3 is 10.6 Å². The fraction of sp³-hybridized carbons (Fsp3) is 0.111. The number of nitrogens with one attached hydrogen (secondary N) is 2. The standard InChI is InChI=1S/C27H24N4O4/c32-30(33)26-13-5-22(6-14-26)18-28-24-9-1-20(2-10-24)17-21-3-11-25(12-4-21)29-19-23-7-15-27(16-8-23)31(34)35/h1-16,28-29H,17-19H2. The summed E-state index contributed by atoms with van der Waals surface area (Å²) >= 11 is 0. The Morgan fingerprint density at radius 3 is 1.11 bits per heavy atom. The van der Waals surface area contributed by atoms with E-state index in [0.717, 1.165) is 28.9 Å². The summed E-state index contributed by atoms with van der Waals surface area (Å²) in [6.45, 7) is 1.18. The number of nitro groups is 2. The normalized spacial score (nSPS) is 10.5. The molecule has 0 radical (unpaired) electrons. The van der Waals surface area contributed by atoms with Gasteiger partial charge in [-0.25, -0.2) is 0 Å². The predicted molar refractivity (Wildman–Crippen MR) is 137 cm³/mol. The lowest BCUT2D eigenvalue weighted by Crippen LogP contribution is -2.00. The molecule has 0 saturated heterocycles. The first kappa shape index (κ1) is 23.4. The monoisotopic (exact) mass is 468 g/mol. The van der Waals surface area contributed by atoms with Gasteiger partial charge in [0, 0.05) is 48.7 Å². The molecule has 35 heavy (non-hydrogen) atoms. The van der Waals surface area contributed by atoms with E-state index in [2.05, 4.69) is 34.9 Å². The fourth-order valence-corrected chi connectivity index (χ4v) is 3.60. The summed E-state index contributed by atoms with van der Waals surface area (Å²) < 4.78 is 0. The minimum absolute atomic E-state index is 0.0893. The molecule has 0 aliphatic heterocycles. The van der Waals surface area contributed by atoms with E-state index in [0.29, 0.717) is 13.1 Å². The first-order valence-corrected chi connectivity index (χ1v) is 11.1. The predicted octanol–water partition coefficient (Wildman–Crippen LogP) is 6.32. The van der Waals surface area contributed by atoms with E-state index in [1.54, 1.807) is 24.3 Å². The van der Waals surface area contributed by atoms with Crippen LogP contribution in [0.25, 0.3) is 0 Å². The highest BCUT2D eigenvalue weighted by molar-refractivity contribution is 5.48. The second-order valence-corrected chi connectivity index (χ2v) is 8.12. The zero-order valence-electron chi connectivity index (χ0n) is 18.9. The molecule has 0 saturated carbocycles. The Morgan fingerprint density at radius 2 is 0.800 bits per heavy atom. The van der Waals surface area contributed by atoms with Gasteiger partial charge in [0.15, 0.2) is 0 Å². The number of nitro benzene ring substituents is 2. The van der Waals surface area contributed by atoms with Crippen LogP contribution in [0.4, 0.5) is 22.7 Å². The first-order chi connectivity index (χ1) is 17.0. The summed E-state index contributed by atoms with van der Waals surface area (Å²) in [4.78, 5) is 20.7. The smallest absolute Gasteiger partial charge is 0.269 e. The van der Waals surface area contributed by atoms with Crippen LogP contribution in [0.3, 0.4) is 0 Å². The van der Waals surface area contributed by atoms with Gasteiger partial charge in [0.2, 0.25) is 0 Å². The molecular formula is C27H24N4O4. The first-order valence-electron chi connectivity index (χ1n) is 11.1. The van der Waals surface area contributed by atoms with Crippen LogP contribution in [0.15, 0.2) is 97.1 Å². The summed E-state index contributed by atoms with van der Waals surface area (Å²) in [6.07, 6.45) is 0.811. The van der Waals surface area contributed by atoms with E-state index in [9.17, 15) is 20.2 Å². The molecule has 176 valence electrons. The van der Waals surface area contributed by atoms with Gasteiger partial charge in [0.25, 0.3) is 11.4 Å². The van der Waals surface area contributed by atoms with Gasteiger partial charge in [0.05, 0.1) is 9.85 Å². The van der Waals surface area contributed by atoms with Crippen LogP contribution in [0, 0.1) is 20.2 Å². The number of hydrogen-bond acceptors (Lipinski definition) is 6. The third kappa shape index (κ3) is 6.64. The SMILES string of the molecule is O=[N+]([O-])c1ccc(CNc2ccc(Cc3ccc(NCc4ccc([N+](=O)[O-])cc4)cc3)cc2)cc1. The van der Waals surface area contributed by atoms with Crippen molar-refractivity contribution >= 4 is 22.7 Å². The average molecular weight is 469 g/mol. The molecule has 0 aliphatic rings. The highest BCUT2D eigenvalue weighted by atomic mass is 16.6. The molecule has 4 aromatic rings. The molecule has 0 amide bonds. The summed E-state index contributed by atoms with van der Waals surface area (Å²) in [6, 6.07) is 29.5. The van der Waals surface area contributed by atoms with E-state index in [4.69, 9.17) is 0 Å². The quantitative estimate of drug-likeness (QED) is 0.208. The third-order valence-corrected chi connectivity index (χ3v) is 5.60. The Bertz CT molecular complexity index is 1180. The molecular weight excluding hydrogens is 444 g/mol. The van der Waals surface area contributed by atoms with Crippen LogP contribution in [0.2, 0.25) is 0 Å². The number of rotatable bonds is 10. The van der Waals surface area contributed by atoms with Crippen LogP contribution >= 0.6 is 0 Å². The lowest BCUT2D eigenvalue weighted by molar-refractivity contribution is -0.385.